The number of carbonyl (C=O) groups is 1. The lowest BCUT2D eigenvalue weighted by molar-refractivity contribution is -0.123. The Morgan fingerprint density at radius 2 is 2.17 bits per heavy atom. The van der Waals surface area contributed by atoms with Gasteiger partial charge < -0.3 is 4.74 Å². The van der Waals surface area contributed by atoms with Gasteiger partial charge in [-0.1, -0.05) is 38.1 Å². The van der Waals surface area contributed by atoms with Crippen LogP contribution in [0.15, 0.2) is 53.9 Å². The zero-order valence-electron chi connectivity index (χ0n) is 13.4. The van der Waals surface area contributed by atoms with Crippen molar-refractivity contribution in [2.45, 2.75) is 26.2 Å². The van der Waals surface area contributed by atoms with Gasteiger partial charge in [0.05, 0.1) is 6.21 Å². The number of amides is 1. The number of ether oxygens (including phenoxy) is 1. The van der Waals surface area contributed by atoms with E-state index in [2.05, 4.69) is 29.4 Å². The maximum atomic E-state index is 11.8. The molecule has 0 saturated heterocycles. The molecule has 1 amide bonds. The Hall–Kier alpha value is -2.69. The molecular weight excluding hydrogens is 290 g/mol. The van der Waals surface area contributed by atoms with Crippen LogP contribution in [0.25, 0.3) is 0 Å². The van der Waals surface area contributed by atoms with Crippen LogP contribution in [-0.2, 0) is 4.79 Å². The highest BCUT2D eigenvalue weighted by Crippen LogP contribution is 2.28. The SMILES string of the molecule is CCC(C)c1ccccc1OCC(=O)N/N=C/c1cccnc1. The van der Waals surface area contributed by atoms with Crippen LogP contribution in [0.4, 0.5) is 0 Å². The first-order chi connectivity index (χ1) is 11.2. The van der Waals surface area contributed by atoms with Crippen molar-refractivity contribution in [1.29, 1.82) is 0 Å². The van der Waals surface area contributed by atoms with Crippen LogP contribution in [0.3, 0.4) is 0 Å². The molecule has 0 aliphatic carbocycles. The third-order valence-electron chi connectivity index (χ3n) is 3.51. The van der Waals surface area contributed by atoms with Crippen molar-refractivity contribution in [3.8, 4) is 5.75 Å². The minimum atomic E-state index is -0.302. The third kappa shape index (κ3) is 5.21. The maximum absolute atomic E-state index is 11.8. The standard InChI is InChI=1S/C18H21N3O2/c1-3-14(2)16-8-4-5-9-17(16)23-13-18(22)21-20-12-15-7-6-10-19-11-15/h4-12,14H,3,13H2,1-2H3,(H,21,22)/b20-12+. The van der Waals surface area contributed by atoms with Crippen molar-refractivity contribution in [2.75, 3.05) is 6.61 Å². The van der Waals surface area contributed by atoms with Crippen molar-refractivity contribution >= 4 is 12.1 Å². The molecule has 0 saturated carbocycles. The van der Waals surface area contributed by atoms with Crippen LogP contribution < -0.4 is 10.2 Å². The van der Waals surface area contributed by atoms with Gasteiger partial charge in [-0.05, 0) is 30.0 Å². The highest BCUT2D eigenvalue weighted by Gasteiger charge is 2.10. The second kappa shape index (κ2) is 8.68. The van der Waals surface area contributed by atoms with Gasteiger partial charge >= 0.3 is 0 Å². The van der Waals surface area contributed by atoms with E-state index in [1.807, 2.05) is 30.3 Å². The van der Waals surface area contributed by atoms with Crippen LogP contribution in [0.5, 0.6) is 5.75 Å². The summed E-state index contributed by atoms with van der Waals surface area (Å²) in [5, 5.41) is 3.88. The number of para-hydroxylation sites is 1. The Morgan fingerprint density at radius 3 is 2.91 bits per heavy atom. The molecule has 1 atom stereocenters. The van der Waals surface area contributed by atoms with Crippen LogP contribution in [-0.4, -0.2) is 23.7 Å². The van der Waals surface area contributed by atoms with Gasteiger partial charge in [-0.2, -0.15) is 5.10 Å². The molecule has 1 unspecified atom stereocenters. The molecule has 2 rings (SSSR count). The predicted octanol–water partition coefficient (Wildman–Crippen LogP) is 3.12. The van der Waals surface area contributed by atoms with E-state index >= 15 is 0 Å². The highest BCUT2D eigenvalue weighted by atomic mass is 16.5. The van der Waals surface area contributed by atoms with Gasteiger partial charge in [0, 0.05) is 18.0 Å². The molecule has 1 N–H and O–H groups in total. The number of hydrogen-bond donors (Lipinski definition) is 1. The largest absolute Gasteiger partial charge is 0.483 e. The summed E-state index contributed by atoms with van der Waals surface area (Å²) in [4.78, 5) is 15.8. The highest BCUT2D eigenvalue weighted by molar-refractivity contribution is 5.82. The van der Waals surface area contributed by atoms with Crippen LogP contribution in [0, 0.1) is 0 Å². The van der Waals surface area contributed by atoms with Crippen LogP contribution >= 0.6 is 0 Å². The lowest BCUT2D eigenvalue weighted by Gasteiger charge is -2.15. The second-order valence-corrected chi connectivity index (χ2v) is 5.22. The number of nitrogens with zero attached hydrogens (tertiary/aromatic N) is 2. The summed E-state index contributed by atoms with van der Waals surface area (Å²) in [5.74, 6) is 0.829. The molecule has 5 nitrogen and oxygen atoms in total. The Bertz CT molecular complexity index is 656. The predicted molar refractivity (Wildman–Crippen MR) is 90.6 cm³/mol. The third-order valence-corrected chi connectivity index (χ3v) is 3.51. The summed E-state index contributed by atoms with van der Waals surface area (Å²) < 4.78 is 5.63. The van der Waals surface area contributed by atoms with Crippen molar-refractivity contribution in [1.82, 2.24) is 10.4 Å². The minimum absolute atomic E-state index is 0.0716. The number of rotatable bonds is 7. The monoisotopic (exact) mass is 311 g/mol. The van der Waals surface area contributed by atoms with E-state index in [0.29, 0.717) is 5.92 Å². The molecule has 2 aromatic rings. The van der Waals surface area contributed by atoms with Crippen molar-refractivity contribution in [3.05, 3.63) is 59.9 Å². The summed E-state index contributed by atoms with van der Waals surface area (Å²) in [6.07, 6.45) is 5.90. The first-order valence-corrected chi connectivity index (χ1v) is 7.64. The van der Waals surface area contributed by atoms with Gasteiger partial charge in [-0.3, -0.25) is 9.78 Å². The lowest BCUT2D eigenvalue weighted by Crippen LogP contribution is -2.25. The number of aromatic nitrogens is 1. The molecule has 0 aliphatic rings. The van der Waals surface area contributed by atoms with E-state index in [1.54, 1.807) is 18.5 Å². The topological polar surface area (TPSA) is 63.6 Å². The molecule has 0 spiro atoms. The summed E-state index contributed by atoms with van der Waals surface area (Å²) in [7, 11) is 0. The number of pyridine rings is 1. The van der Waals surface area contributed by atoms with Crippen LogP contribution in [0.1, 0.15) is 37.3 Å². The van der Waals surface area contributed by atoms with E-state index in [-0.39, 0.29) is 12.5 Å². The van der Waals surface area contributed by atoms with Gasteiger partial charge in [0.15, 0.2) is 6.61 Å². The molecule has 1 aromatic heterocycles. The average Bonchev–Trinajstić information content (AvgIpc) is 2.60. The number of carbonyl (C=O) groups excluding carboxylic acids is 1. The molecule has 0 aliphatic heterocycles. The zero-order chi connectivity index (χ0) is 16.5. The average molecular weight is 311 g/mol. The maximum Gasteiger partial charge on any atom is 0.277 e. The summed E-state index contributed by atoms with van der Waals surface area (Å²) in [6, 6.07) is 11.4. The molecule has 120 valence electrons. The van der Waals surface area contributed by atoms with Gasteiger partial charge in [-0.15, -0.1) is 0 Å². The fraction of sp³-hybridized carbons (Fsp3) is 0.278. The quantitative estimate of drug-likeness (QED) is 0.631. The number of benzene rings is 1. The van der Waals surface area contributed by atoms with Gasteiger partial charge in [0.2, 0.25) is 0 Å². The van der Waals surface area contributed by atoms with E-state index in [0.717, 1.165) is 23.3 Å². The summed E-state index contributed by atoms with van der Waals surface area (Å²) in [5.41, 5.74) is 4.37. The first-order valence-electron chi connectivity index (χ1n) is 7.64. The van der Waals surface area contributed by atoms with E-state index in [9.17, 15) is 4.79 Å². The molecule has 23 heavy (non-hydrogen) atoms. The zero-order valence-corrected chi connectivity index (χ0v) is 13.4. The molecule has 0 bridgehead atoms. The normalized spacial score (nSPS) is 12.1. The number of hydrazone groups is 1. The smallest absolute Gasteiger partial charge is 0.277 e. The molecular formula is C18H21N3O2. The molecule has 5 heteroatoms. The molecule has 0 fully saturated rings. The lowest BCUT2D eigenvalue weighted by atomic mass is 9.98. The Balaban J connectivity index is 1.86. The number of hydrogen-bond acceptors (Lipinski definition) is 4. The fourth-order valence-corrected chi connectivity index (χ4v) is 2.05. The molecule has 1 aromatic carbocycles. The number of nitrogens with one attached hydrogen (secondary N) is 1. The fourth-order valence-electron chi connectivity index (χ4n) is 2.05. The van der Waals surface area contributed by atoms with Gasteiger partial charge in [0.25, 0.3) is 5.91 Å². The first kappa shape index (κ1) is 16.7. The van der Waals surface area contributed by atoms with E-state index in [4.69, 9.17) is 4.74 Å². The molecule has 1 heterocycles. The van der Waals surface area contributed by atoms with Gasteiger partial charge in [0.1, 0.15) is 5.75 Å². The summed E-state index contributed by atoms with van der Waals surface area (Å²) in [6.45, 7) is 4.19. The van der Waals surface area contributed by atoms with Crippen molar-refractivity contribution < 1.29 is 9.53 Å². The molecule has 0 radical (unpaired) electrons. The van der Waals surface area contributed by atoms with Gasteiger partial charge in [-0.25, -0.2) is 5.43 Å². The van der Waals surface area contributed by atoms with E-state index < -0.39 is 0 Å². The van der Waals surface area contributed by atoms with Crippen molar-refractivity contribution in [3.63, 3.8) is 0 Å². The summed E-state index contributed by atoms with van der Waals surface area (Å²) >= 11 is 0. The Kier molecular flexibility index (Phi) is 6.29. The van der Waals surface area contributed by atoms with Crippen molar-refractivity contribution in [2.24, 2.45) is 5.10 Å². The Labute approximate surface area is 136 Å². The van der Waals surface area contributed by atoms with E-state index in [1.165, 1.54) is 6.21 Å². The second-order valence-electron chi connectivity index (χ2n) is 5.22. The van der Waals surface area contributed by atoms with Crippen LogP contribution in [0.2, 0.25) is 0 Å². The minimum Gasteiger partial charge on any atom is -0.483 e. The Morgan fingerprint density at radius 1 is 1.35 bits per heavy atom.